The van der Waals surface area contributed by atoms with Gasteiger partial charge >= 0.3 is 6.03 Å². The number of hydrogen-bond acceptors (Lipinski definition) is 5. The van der Waals surface area contributed by atoms with Crippen LogP contribution in [0.3, 0.4) is 0 Å². The fourth-order valence-corrected chi connectivity index (χ4v) is 6.33. The lowest BCUT2D eigenvalue weighted by Gasteiger charge is -2.36. The minimum atomic E-state index is -0.359. The van der Waals surface area contributed by atoms with E-state index in [0.717, 1.165) is 67.6 Å². The van der Waals surface area contributed by atoms with Crippen LogP contribution >= 0.6 is 11.3 Å². The maximum atomic E-state index is 13.5. The maximum absolute atomic E-state index is 13.5. The molecular formula is C26H32FN5OS. The number of thiophene rings is 1. The standard InChI is InChI=1S/C26H32FN5OS/c1-3-4-8-22-29-24(23-20-10-9-17(2)15-21(20)34-25(23)30-22)31-11-13-32(14-12-31)26(33)28-19-7-5-6-18(27)16-19/h5-7,16-17H,3-4,8-15H2,1-2H3,(H,28,33). The molecule has 5 rings (SSSR count). The number of unbranched alkanes of at least 4 members (excludes halogenated alkanes) is 1. The van der Waals surface area contributed by atoms with Gasteiger partial charge in [-0.1, -0.05) is 26.3 Å². The first-order valence-corrected chi connectivity index (χ1v) is 13.2. The number of carbonyl (C=O) groups excluding carboxylic acids is 1. The van der Waals surface area contributed by atoms with Gasteiger partial charge < -0.3 is 15.1 Å². The normalized spacial score (nSPS) is 18.3. The number of piperazine rings is 1. The molecule has 2 aliphatic rings. The zero-order valence-corrected chi connectivity index (χ0v) is 20.8. The molecule has 6 nitrogen and oxygen atoms in total. The predicted molar refractivity (Wildman–Crippen MR) is 136 cm³/mol. The average Bonchev–Trinajstić information content (AvgIpc) is 3.19. The predicted octanol–water partition coefficient (Wildman–Crippen LogP) is 5.65. The summed E-state index contributed by atoms with van der Waals surface area (Å²) in [6.07, 6.45) is 6.54. The number of carbonyl (C=O) groups is 1. The van der Waals surface area contributed by atoms with E-state index in [1.165, 1.54) is 34.4 Å². The number of aryl methyl sites for hydroxylation is 2. The van der Waals surface area contributed by atoms with Gasteiger partial charge in [0, 0.05) is 43.2 Å². The molecule has 1 aromatic carbocycles. The van der Waals surface area contributed by atoms with Gasteiger partial charge in [-0.05, 0) is 55.4 Å². The van der Waals surface area contributed by atoms with E-state index in [4.69, 9.17) is 9.97 Å². The van der Waals surface area contributed by atoms with E-state index < -0.39 is 0 Å². The van der Waals surface area contributed by atoms with Crippen LogP contribution in [0, 0.1) is 11.7 Å². The highest BCUT2D eigenvalue weighted by molar-refractivity contribution is 7.19. The number of anilines is 2. The summed E-state index contributed by atoms with van der Waals surface area (Å²) in [6.45, 7) is 7.16. The van der Waals surface area contributed by atoms with Crippen molar-refractivity contribution in [1.82, 2.24) is 14.9 Å². The molecule has 2 aromatic heterocycles. The van der Waals surface area contributed by atoms with Crippen LogP contribution in [0.15, 0.2) is 24.3 Å². The van der Waals surface area contributed by atoms with E-state index >= 15 is 0 Å². The Bertz CT molecular complexity index is 1190. The van der Waals surface area contributed by atoms with Crippen LogP contribution < -0.4 is 10.2 Å². The van der Waals surface area contributed by atoms with Gasteiger partial charge in [-0.15, -0.1) is 11.3 Å². The Labute approximate surface area is 204 Å². The van der Waals surface area contributed by atoms with E-state index in [9.17, 15) is 9.18 Å². The summed E-state index contributed by atoms with van der Waals surface area (Å²) in [5.74, 6) is 2.34. The molecule has 0 saturated carbocycles. The van der Waals surface area contributed by atoms with Gasteiger partial charge in [0.25, 0.3) is 0 Å². The zero-order chi connectivity index (χ0) is 23.7. The highest BCUT2D eigenvalue weighted by atomic mass is 32.1. The second-order valence-electron chi connectivity index (χ2n) is 9.51. The quantitative estimate of drug-likeness (QED) is 0.511. The molecule has 1 unspecified atom stereocenters. The molecule has 1 atom stereocenters. The summed E-state index contributed by atoms with van der Waals surface area (Å²) in [5, 5.41) is 4.05. The summed E-state index contributed by atoms with van der Waals surface area (Å²) >= 11 is 1.85. The smallest absolute Gasteiger partial charge is 0.321 e. The van der Waals surface area contributed by atoms with E-state index in [2.05, 4.69) is 24.1 Å². The van der Waals surface area contributed by atoms with Gasteiger partial charge in [0.05, 0.1) is 5.39 Å². The van der Waals surface area contributed by atoms with Crippen LogP contribution in [0.1, 0.15) is 49.4 Å². The first-order valence-electron chi connectivity index (χ1n) is 12.4. The summed E-state index contributed by atoms with van der Waals surface area (Å²) in [7, 11) is 0. The number of fused-ring (bicyclic) bond motifs is 3. The molecule has 3 aromatic rings. The molecular weight excluding hydrogens is 449 g/mol. The number of nitrogens with zero attached hydrogens (tertiary/aromatic N) is 4. The van der Waals surface area contributed by atoms with Gasteiger partial charge in [0.2, 0.25) is 0 Å². The van der Waals surface area contributed by atoms with Crippen molar-refractivity contribution in [2.24, 2.45) is 5.92 Å². The molecule has 3 heterocycles. The number of nitrogens with one attached hydrogen (secondary N) is 1. The lowest BCUT2D eigenvalue weighted by atomic mass is 9.89. The maximum Gasteiger partial charge on any atom is 0.321 e. The third kappa shape index (κ3) is 4.73. The van der Waals surface area contributed by atoms with E-state index in [-0.39, 0.29) is 11.8 Å². The number of aromatic nitrogens is 2. The minimum absolute atomic E-state index is 0.191. The molecule has 0 bridgehead atoms. The van der Waals surface area contributed by atoms with E-state index in [1.54, 1.807) is 17.0 Å². The molecule has 1 aliphatic heterocycles. The first-order chi connectivity index (χ1) is 16.5. The summed E-state index contributed by atoms with van der Waals surface area (Å²) in [6, 6.07) is 5.82. The van der Waals surface area contributed by atoms with E-state index in [1.807, 2.05) is 11.3 Å². The molecule has 1 N–H and O–H groups in total. The zero-order valence-electron chi connectivity index (χ0n) is 19.9. The Hall–Kier alpha value is -2.74. The molecule has 8 heteroatoms. The van der Waals surface area contributed by atoms with Crippen LogP contribution in [0.5, 0.6) is 0 Å². The van der Waals surface area contributed by atoms with E-state index in [0.29, 0.717) is 18.8 Å². The largest absolute Gasteiger partial charge is 0.352 e. The third-order valence-corrected chi connectivity index (χ3v) is 8.03. The third-order valence-electron chi connectivity index (χ3n) is 6.88. The molecule has 34 heavy (non-hydrogen) atoms. The highest BCUT2D eigenvalue weighted by Gasteiger charge is 2.28. The molecule has 1 saturated heterocycles. The SMILES string of the molecule is CCCCc1nc(N2CCN(C(=O)Nc3cccc(F)c3)CC2)c2c3c(sc2n1)CC(C)CC3. The number of urea groups is 1. The van der Waals surface area contributed by atoms with Gasteiger partial charge in [0.15, 0.2) is 0 Å². The first kappa shape index (κ1) is 23.0. The summed E-state index contributed by atoms with van der Waals surface area (Å²) in [5.41, 5.74) is 1.92. The lowest BCUT2D eigenvalue weighted by molar-refractivity contribution is 0.208. The molecule has 2 amide bonds. The molecule has 0 radical (unpaired) electrons. The summed E-state index contributed by atoms with van der Waals surface area (Å²) < 4.78 is 13.5. The highest BCUT2D eigenvalue weighted by Crippen LogP contribution is 2.41. The second kappa shape index (κ2) is 9.86. The Kier molecular flexibility index (Phi) is 6.68. The van der Waals surface area contributed by atoms with Crippen molar-refractivity contribution < 1.29 is 9.18 Å². The van der Waals surface area contributed by atoms with Crippen molar-refractivity contribution in [3.63, 3.8) is 0 Å². The van der Waals surface area contributed by atoms with Gasteiger partial charge in [-0.3, -0.25) is 0 Å². The molecule has 1 fully saturated rings. The van der Waals surface area contributed by atoms with Gasteiger partial charge in [-0.25, -0.2) is 19.2 Å². The Morgan fingerprint density at radius 3 is 2.82 bits per heavy atom. The lowest BCUT2D eigenvalue weighted by Crippen LogP contribution is -2.50. The number of hydrogen-bond donors (Lipinski definition) is 1. The summed E-state index contributed by atoms with van der Waals surface area (Å²) in [4.78, 5) is 29.5. The van der Waals surface area contributed by atoms with Crippen LogP contribution in [0.4, 0.5) is 20.7 Å². The van der Waals surface area contributed by atoms with Crippen LogP contribution in [0.25, 0.3) is 10.2 Å². The Morgan fingerprint density at radius 2 is 2.06 bits per heavy atom. The fraction of sp³-hybridized carbons (Fsp3) is 0.500. The topological polar surface area (TPSA) is 61.4 Å². The number of amides is 2. The van der Waals surface area contributed by atoms with Crippen LogP contribution in [-0.4, -0.2) is 47.1 Å². The van der Waals surface area contributed by atoms with Crippen LogP contribution in [0.2, 0.25) is 0 Å². The minimum Gasteiger partial charge on any atom is -0.352 e. The van der Waals surface area contributed by atoms with Crippen LogP contribution in [-0.2, 0) is 19.3 Å². The monoisotopic (exact) mass is 481 g/mol. The van der Waals surface area contributed by atoms with Crippen molar-refractivity contribution in [3.05, 3.63) is 46.3 Å². The Morgan fingerprint density at radius 1 is 1.24 bits per heavy atom. The van der Waals surface area contributed by atoms with Crippen molar-refractivity contribution in [1.29, 1.82) is 0 Å². The molecule has 1 aliphatic carbocycles. The number of benzene rings is 1. The van der Waals surface area contributed by atoms with Crippen molar-refractivity contribution in [2.45, 2.75) is 52.4 Å². The second-order valence-corrected chi connectivity index (χ2v) is 10.6. The van der Waals surface area contributed by atoms with Crippen molar-refractivity contribution in [3.8, 4) is 0 Å². The Balaban J connectivity index is 1.37. The van der Waals surface area contributed by atoms with Crippen molar-refractivity contribution in [2.75, 3.05) is 36.4 Å². The molecule has 0 spiro atoms. The van der Waals surface area contributed by atoms with Crippen molar-refractivity contribution >= 4 is 39.1 Å². The number of rotatable bonds is 5. The molecule has 180 valence electrons. The van der Waals surface area contributed by atoms with Gasteiger partial charge in [0.1, 0.15) is 22.3 Å². The average molecular weight is 482 g/mol. The van der Waals surface area contributed by atoms with Gasteiger partial charge in [-0.2, -0.15) is 0 Å². The number of halogens is 1. The fourth-order valence-electron chi connectivity index (χ4n) is 4.93.